The van der Waals surface area contributed by atoms with Crippen molar-refractivity contribution in [3.05, 3.63) is 31.6 Å². The molecule has 0 bridgehead atoms. The van der Waals surface area contributed by atoms with Gasteiger partial charge >= 0.3 is 0 Å². The number of hydrogen-bond donors (Lipinski definition) is 0. The number of hydrogen-bond acceptors (Lipinski definition) is 3. The maximum absolute atomic E-state index is 5.79. The maximum atomic E-state index is 5.79. The molecule has 88 valence electrons. The molecule has 0 N–H and O–H groups in total. The Balaban J connectivity index is 0.00000128. The van der Waals surface area contributed by atoms with Crippen LogP contribution in [0.25, 0.3) is 0 Å². The number of aryl methyl sites for hydroxylation is 1. The SMILES string of the molecule is Cc1sc(CCl)c[n+]1Cc1cnc(Cl)s1.[Cl-]. The standard InChI is InChI=1S/C9H9Cl2N2S2.ClH/c1-6-13(4-7(2-10)14-6)5-8-3-12-9(11)15-8;/h3-4H,2,5H2,1H3;1H/q+1;/p-1. The number of nitrogens with zero attached hydrogens (tertiary/aromatic N) is 2. The van der Waals surface area contributed by atoms with Crippen LogP contribution in [0.4, 0.5) is 0 Å². The summed E-state index contributed by atoms with van der Waals surface area (Å²) in [5.74, 6) is 0.571. The van der Waals surface area contributed by atoms with Gasteiger partial charge < -0.3 is 12.4 Å². The van der Waals surface area contributed by atoms with E-state index in [-0.39, 0.29) is 12.4 Å². The summed E-state index contributed by atoms with van der Waals surface area (Å²) in [7, 11) is 0. The lowest BCUT2D eigenvalue weighted by atomic mass is 10.5. The third-order valence-electron chi connectivity index (χ3n) is 1.97. The van der Waals surface area contributed by atoms with Crippen molar-refractivity contribution in [3.8, 4) is 0 Å². The van der Waals surface area contributed by atoms with Crippen LogP contribution in [0.1, 0.15) is 14.8 Å². The van der Waals surface area contributed by atoms with Gasteiger partial charge in [-0.1, -0.05) is 22.9 Å². The molecule has 0 fully saturated rings. The van der Waals surface area contributed by atoms with Gasteiger partial charge in [-0.3, -0.25) is 0 Å². The van der Waals surface area contributed by atoms with Crippen LogP contribution >= 0.6 is 45.9 Å². The van der Waals surface area contributed by atoms with Gasteiger partial charge in [0, 0.05) is 13.1 Å². The van der Waals surface area contributed by atoms with E-state index in [4.69, 9.17) is 23.2 Å². The number of thiazole rings is 2. The molecule has 7 heteroatoms. The summed E-state index contributed by atoms with van der Waals surface area (Å²) in [4.78, 5) is 6.36. The lowest BCUT2D eigenvalue weighted by Gasteiger charge is -1.89. The molecule has 0 aliphatic heterocycles. The predicted molar refractivity (Wildman–Crippen MR) is 65.0 cm³/mol. The molecule has 0 atom stereocenters. The largest absolute Gasteiger partial charge is 1.00 e. The molecule has 0 spiro atoms. The molecular weight excluding hydrogens is 307 g/mol. The van der Waals surface area contributed by atoms with E-state index in [9.17, 15) is 0 Å². The monoisotopic (exact) mass is 314 g/mol. The molecule has 2 aromatic rings. The van der Waals surface area contributed by atoms with Crippen LogP contribution in [0.5, 0.6) is 0 Å². The van der Waals surface area contributed by atoms with E-state index < -0.39 is 0 Å². The van der Waals surface area contributed by atoms with Crippen LogP contribution in [-0.4, -0.2) is 4.98 Å². The van der Waals surface area contributed by atoms with E-state index >= 15 is 0 Å². The molecule has 0 unspecified atom stereocenters. The molecule has 0 aliphatic carbocycles. The van der Waals surface area contributed by atoms with Gasteiger partial charge in [0.25, 0.3) is 0 Å². The fraction of sp³-hybridized carbons (Fsp3) is 0.333. The molecule has 0 radical (unpaired) electrons. The second-order valence-electron chi connectivity index (χ2n) is 3.06. The summed E-state index contributed by atoms with van der Waals surface area (Å²) < 4.78 is 2.77. The van der Waals surface area contributed by atoms with E-state index in [1.54, 1.807) is 11.3 Å². The van der Waals surface area contributed by atoms with Crippen molar-refractivity contribution in [1.29, 1.82) is 0 Å². The first-order valence-corrected chi connectivity index (χ1v) is 6.88. The fourth-order valence-corrected chi connectivity index (χ4v) is 3.34. The van der Waals surface area contributed by atoms with E-state index in [2.05, 4.69) is 22.7 Å². The molecule has 0 amide bonds. The summed E-state index contributed by atoms with van der Waals surface area (Å²) >= 11 is 14.8. The molecule has 2 heterocycles. The molecule has 0 aromatic carbocycles. The number of aromatic nitrogens is 2. The predicted octanol–water partition coefficient (Wildman–Crippen LogP) is 0.245. The Morgan fingerprint density at radius 2 is 2.12 bits per heavy atom. The summed E-state index contributed by atoms with van der Waals surface area (Å²) in [6.45, 7) is 2.91. The molecule has 0 saturated carbocycles. The van der Waals surface area contributed by atoms with Gasteiger partial charge in [-0.05, 0) is 0 Å². The zero-order chi connectivity index (χ0) is 10.8. The lowest BCUT2D eigenvalue weighted by Crippen LogP contribution is -3.00. The first-order valence-electron chi connectivity index (χ1n) is 4.34. The minimum absolute atomic E-state index is 0. The van der Waals surface area contributed by atoms with Crippen molar-refractivity contribution in [2.24, 2.45) is 0 Å². The van der Waals surface area contributed by atoms with Crippen molar-refractivity contribution >= 4 is 45.9 Å². The van der Waals surface area contributed by atoms with Crippen LogP contribution in [0.2, 0.25) is 4.47 Å². The van der Waals surface area contributed by atoms with Gasteiger partial charge in [0.1, 0.15) is 0 Å². The van der Waals surface area contributed by atoms with Gasteiger partial charge in [0.15, 0.2) is 17.2 Å². The van der Waals surface area contributed by atoms with Crippen LogP contribution in [0.3, 0.4) is 0 Å². The van der Waals surface area contributed by atoms with E-state index in [0.29, 0.717) is 10.3 Å². The molecule has 0 saturated heterocycles. The van der Waals surface area contributed by atoms with E-state index in [0.717, 1.165) is 11.4 Å². The van der Waals surface area contributed by atoms with Gasteiger partial charge in [0.05, 0.1) is 15.6 Å². The van der Waals surface area contributed by atoms with Gasteiger partial charge in [-0.25, -0.2) is 4.98 Å². The van der Waals surface area contributed by atoms with Crippen LogP contribution in [-0.2, 0) is 12.4 Å². The molecule has 2 aromatic heterocycles. The second kappa shape index (κ2) is 6.17. The second-order valence-corrected chi connectivity index (χ2v) is 6.34. The van der Waals surface area contributed by atoms with Crippen LogP contribution in [0.15, 0.2) is 12.4 Å². The van der Waals surface area contributed by atoms with Crippen molar-refractivity contribution < 1.29 is 17.0 Å². The highest BCUT2D eigenvalue weighted by Gasteiger charge is 2.14. The Morgan fingerprint density at radius 1 is 1.38 bits per heavy atom. The zero-order valence-corrected chi connectivity index (χ0v) is 12.3. The first kappa shape index (κ1) is 14.2. The third kappa shape index (κ3) is 3.31. The smallest absolute Gasteiger partial charge is 0.234 e. The highest BCUT2D eigenvalue weighted by Crippen LogP contribution is 2.19. The van der Waals surface area contributed by atoms with E-state index in [1.807, 2.05) is 6.20 Å². The average Bonchev–Trinajstić information content (AvgIpc) is 2.75. The molecule has 2 nitrogen and oxygen atoms in total. The summed E-state index contributed by atoms with van der Waals surface area (Å²) in [6, 6.07) is 0. The highest BCUT2D eigenvalue weighted by atomic mass is 35.5. The Labute approximate surface area is 118 Å². The number of alkyl halides is 1. The van der Waals surface area contributed by atoms with Gasteiger partial charge in [-0.2, -0.15) is 4.57 Å². The minimum Gasteiger partial charge on any atom is -1.00 e. The summed E-state index contributed by atoms with van der Waals surface area (Å²) in [5.41, 5.74) is 0. The first-order chi connectivity index (χ1) is 7.19. The van der Waals surface area contributed by atoms with Crippen LogP contribution < -0.4 is 17.0 Å². The minimum atomic E-state index is 0. The molecule has 2 rings (SSSR count). The van der Waals surface area contributed by atoms with Crippen molar-refractivity contribution in [1.82, 2.24) is 4.98 Å². The highest BCUT2D eigenvalue weighted by molar-refractivity contribution is 7.15. The van der Waals surface area contributed by atoms with Crippen molar-refractivity contribution in [2.75, 3.05) is 0 Å². The van der Waals surface area contributed by atoms with Gasteiger partial charge in [-0.15, -0.1) is 22.9 Å². The van der Waals surface area contributed by atoms with Crippen molar-refractivity contribution in [3.63, 3.8) is 0 Å². The lowest BCUT2D eigenvalue weighted by molar-refractivity contribution is -0.688. The third-order valence-corrected chi connectivity index (χ3v) is 4.55. The molecule has 0 aliphatic rings. The van der Waals surface area contributed by atoms with E-state index in [1.165, 1.54) is 21.2 Å². The summed E-state index contributed by atoms with van der Waals surface area (Å²) in [5, 5.41) is 1.25. The molecular formula is C9H9Cl3N2S2. The normalized spacial score (nSPS) is 10.2. The van der Waals surface area contributed by atoms with Gasteiger partial charge in [0.2, 0.25) is 5.01 Å². The van der Waals surface area contributed by atoms with Crippen LogP contribution in [0, 0.1) is 6.92 Å². The average molecular weight is 316 g/mol. The Morgan fingerprint density at radius 3 is 2.62 bits per heavy atom. The molecule has 16 heavy (non-hydrogen) atoms. The topological polar surface area (TPSA) is 16.8 Å². The summed E-state index contributed by atoms with van der Waals surface area (Å²) in [6.07, 6.45) is 3.90. The number of halogens is 3. The Bertz CT molecular complexity index is 467. The Kier molecular flexibility index (Phi) is 5.47. The quantitative estimate of drug-likeness (QED) is 0.586. The fourth-order valence-electron chi connectivity index (χ4n) is 1.28. The maximum Gasteiger partial charge on any atom is 0.234 e. The zero-order valence-electron chi connectivity index (χ0n) is 8.41. The Hall–Kier alpha value is 0.130. The number of rotatable bonds is 3. The van der Waals surface area contributed by atoms with Crippen molar-refractivity contribution in [2.45, 2.75) is 19.3 Å².